The lowest BCUT2D eigenvalue weighted by molar-refractivity contribution is -0.142. The lowest BCUT2D eigenvalue weighted by Crippen LogP contribution is -2.08. The van der Waals surface area contributed by atoms with Crippen LogP contribution in [0.5, 0.6) is 5.75 Å². The van der Waals surface area contributed by atoms with Crippen molar-refractivity contribution in [3.05, 3.63) is 29.3 Å². The molecule has 16 heavy (non-hydrogen) atoms. The Morgan fingerprint density at radius 1 is 1.50 bits per heavy atom. The highest BCUT2D eigenvalue weighted by atomic mass is 16.5. The van der Waals surface area contributed by atoms with Crippen LogP contribution in [0.4, 0.5) is 0 Å². The Morgan fingerprint density at radius 2 is 2.25 bits per heavy atom. The van der Waals surface area contributed by atoms with E-state index in [0.29, 0.717) is 23.5 Å². The minimum Gasteiger partial charge on any atom is -0.495 e. The van der Waals surface area contributed by atoms with E-state index in [0.717, 1.165) is 0 Å². The van der Waals surface area contributed by atoms with Gasteiger partial charge in [0.05, 0.1) is 25.7 Å². The molecule has 0 unspecified atom stereocenters. The highest BCUT2D eigenvalue weighted by Gasteiger charge is 2.12. The fourth-order valence-corrected chi connectivity index (χ4v) is 1.42. The summed E-state index contributed by atoms with van der Waals surface area (Å²) in [6.45, 7) is 2.10. The largest absolute Gasteiger partial charge is 0.495 e. The third-order valence-electron chi connectivity index (χ3n) is 2.06. The Bertz CT molecular complexity index is 421. The van der Waals surface area contributed by atoms with Crippen LogP contribution in [0.3, 0.4) is 0 Å². The molecule has 0 aliphatic heterocycles. The van der Waals surface area contributed by atoms with Gasteiger partial charge in [-0.15, -0.1) is 0 Å². The SMILES string of the molecule is CCOC(=O)Cc1cccc(C#N)c1OC. The molecule has 0 amide bonds. The van der Waals surface area contributed by atoms with E-state index in [9.17, 15) is 4.79 Å². The molecule has 0 bridgehead atoms. The highest BCUT2D eigenvalue weighted by molar-refractivity contribution is 5.74. The minimum absolute atomic E-state index is 0.118. The van der Waals surface area contributed by atoms with Crippen molar-refractivity contribution in [3.63, 3.8) is 0 Å². The Labute approximate surface area is 94.4 Å². The smallest absolute Gasteiger partial charge is 0.310 e. The maximum Gasteiger partial charge on any atom is 0.310 e. The third kappa shape index (κ3) is 2.74. The number of esters is 1. The fourth-order valence-electron chi connectivity index (χ4n) is 1.42. The average molecular weight is 219 g/mol. The molecule has 0 saturated heterocycles. The van der Waals surface area contributed by atoms with Crippen molar-refractivity contribution >= 4 is 5.97 Å². The Morgan fingerprint density at radius 3 is 2.81 bits per heavy atom. The monoisotopic (exact) mass is 219 g/mol. The number of para-hydroxylation sites is 1. The van der Waals surface area contributed by atoms with Crippen molar-refractivity contribution in [1.82, 2.24) is 0 Å². The molecule has 1 rings (SSSR count). The lowest BCUT2D eigenvalue weighted by Gasteiger charge is -2.09. The van der Waals surface area contributed by atoms with Crippen LogP contribution >= 0.6 is 0 Å². The van der Waals surface area contributed by atoms with Crippen LogP contribution in [0.2, 0.25) is 0 Å². The third-order valence-corrected chi connectivity index (χ3v) is 2.06. The second-order valence-corrected chi connectivity index (χ2v) is 3.09. The van der Waals surface area contributed by atoms with Gasteiger partial charge < -0.3 is 9.47 Å². The number of carbonyl (C=O) groups is 1. The first-order chi connectivity index (χ1) is 7.72. The zero-order chi connectivity index (χ0) is 12.0. The van der Waals surface area contributed by atoms with Crippen LogP contribution in [-0.2, 0) is 16.0 Å². The van der Waals surface area contributed by atoms with Crippen molar-refractivity contribution in [3.8, 4) is 11.8 Å². The summed E-state index contributed by atoms with van der Waals surface area (Å²) < 4.78 is 9.96. The molecule has 0 saturated carbocycles. The lowest BCUT2D eigenvalue weighted by atomic mass is 10.1. The van der Waals surface area contributed by atoms with Gasteiger partial charge in [-0.05, 0) is 13.0 Å². The van der Waals surface area contributed by atoms with Gasteiger partial charge in [0.15, 0.2) is 0 Å². The molecule has 0 heterocycles. The van der Waals surface area contributed by atoms with Crippen molar-refractivity contribution in [2.45, 2.75) is 13.3 Å². The predicted octanol–water partition coefficient (Wildman–Crippen LogP) is 1.67. The van der Waals surface area contributed by atoms with E-state index in [1.165, 1.54) is 7.11 Å². The van der Waals surface area contributed by atoms with E-state index in [1.807, 2.05) is 6.07 Å². The van der Waals surface area contributed by atoms with E-state index in [1.54, 1.807) is 25.1 Å². The number of nitrogens with zero attached hydrogens (tertiary/aromatic N) is 1. The summed E-state index contributed by atoms with van der Waals surface area (Å²) in [7, 11) is 1.48. The topological polar surface area (TPSA) is 59.3 Å². The summed E-state index contributed by atoms with van der Waals surface area (Å²) in [5.74, 6) is 0.119. The number of benzene rings is 1. The Kier molecular flexibility index (Phi) is 4.34. The first kappa shape index (κ1) is 12.1. The standard InChI is InChI=1S/C12H13NO3/c1-3-16-11(14)7-9-5-4-6-10(8-13)12(9)15-2/h4-6H,3,7H2,1-2H3. The number of hydrogen-bond donors (Lipinski definition) is 0. The molecule has 4 heteroatoms. The maximum atomic E-state index is 11.3. The fraction of sp³-hybridized carbons (Fsp3) is 0.333. The zero-order valence-corrected chi connectivity index (χ0v) is 9.32. The predicted molar refractivity (Wildman–Crippen MR) is 58.0 cm³/mol. The molecular formula is C12H13NO3. The molecular weight excluding hydrogens is 206 g/mol. The van der Waals surface area contributed by atoms with E-state index in [-0.39, 0.29) is 12.4 Å². The van der Waals surface area contributed by atoms with E-state index < -0.39 is 0 Å². The van der Waals surface area contributed by atoms with Gasteiger partial charge in [-0.1, -0.05) is 12.1 Å². The van der Waals surface area contributed by atoms with Crippen LogP contribution < -0.4 is 4.74 Å². The number of ether oxygens (including phenoxy) is 2. The molecule has 1 aromatic rings. The van der Waals surface area contributed by atoms with Crippen molar-refractivity contribution in [1.29, 1.82) is 5.26 Å². The molecule has 0 aliphatic carbocycles. The van der Waals surface area contributed by atoms with E-state index in [4.69, 9.17) is 14.7 Å². The van der Waals surface area contributed by atoms with Gasteiger partial charge in [-0.3, -0.25) is 4.79 Å². The van der Waals surface area contributed by atoms with Crippen LogP contribution in [0, 0.1) is 11.3 Å². The Balaban J connectivity index is 2.96. The normalized spacial score (nSPS) is 9.31. The quantitative estimate of drug-likeness (QED) is 0.723. The number of rotatable bonds is 4. The van der Waals surface area contributed by atoms with Crippen LogP contribution in [0.15, 0.2) is 18.2 Å². The molecule has 0 fully saturated rings. The van der Waals surface area contributed by atoms with Crippen molar-refractivity contribution in [2.24, 2.45) is 0 Å². The molecule has 0 atom stereocenters. The van der Waals surface area contributed by atoms with E-state index in [2.05, 4.69) is 0 Å². The molecule has 0 aliphatic rings. The number of nitriles is 1. The van der Waals surface area contributed by atoms with Gasteiger partial charge in [0.2, 0.25) is 0 Å². The number of hydrogen-bond acceptors (Lipinski definition) is 4. The van der Waals surface area contributed by atoms with Crippen LogP contribution in [-0.4, -0.2) is 19.7 Å². The molecule has 1 aromatic carbocycles. The maximum absolute atomic E-state index is 11.3. The highest BCUT2D eigenvalue weighted by Crippen LogP contribution is 2.23. The van der Waals surface area contributed by atoms with Crippen LogP contribution in [0.25, 0.3) is 0 Å². The van der Waals surface area contributed by atoms with Gasteiger partial charge in [-0.25, -0.2) is 0 Å². The van der Waals surface area contributed by atoms with Gasteiger partial charge in [0.25, 0.3) is 0 Å². The molecule has 0 N–H and O–H groups in total. The summed E-state index contributed by atoms with van der Waals surface area (Å²) in [5, 5.41) is 8.87. The van der Waals surface area contributed by atoms with Gasteiger partial charge in [0, 0.05) is 5.56 Å². The number of methoxy groups -OCH3 is 1. The summed E-state index contributed by atoms with van der Waals surface area (Å²) >= 11 is 0. The van der Waals surface area contributed by atoms with Gasteiger partial charge in [0.1, 0.15) is 11.8 Å². The first-order valence-corrected chi connectivity index (χ1v) is 4.94. The second-order valence-electron chi connectivity index (χ2n) is 3.09. The summed E-state index contributed by atoms with van der Waals surface area (Å²) in [6, 6.07) is 7.13. The van der Waals surface area contributed by atoms with E-state index >= 15 is 0 Å². The minimum atomic E-state index is -0.323. The van der Waals surface area contributed by atoms with Crippen LogP contribution in [0.1, 0.15) is 18.1 Å². The van der Waals surface area contributed by atoms with Crippen molar-refractivity contribution in [2.75, 3.05) is 13.7 Å². The molecule has 0 radical (unpaired) electrons. The zero-order valence-electron chi connectivity index (χ0n) is 9.32. The van der Waals surface area contributed by atoms with Crippen molar-refractivity contribution < 1.29 is 14.3 Å². The summed E-state index contributed by atoms with van der Waals surface area (Å²) in [6.07, 6.45) is 0.118. The first-order valence-electron chi connectivity index (χ1n) is 4.94. The average Bonchev–Trinajstić information content (AvgIpc) is 2.29. The van der Waals surface area contributed by atoms with Gasteiger partial charge in [-0.2, -0.15) is 5.26 Å². The van der Waals surface area contributed by atoms with Gasteiger partial charge >= 0.3 is 5.97 Å². The number of carbonyl (C=O) groups excluding carboxylic acids is 1. The molecule has 84 valence electrons. The second kappa shape index (κ2) is 5.76. The molecule has 4 nitrogen and oxygen atoms in total. The molecule has 0 spiro atoms. The molecule has 0 aromatic heterocycles. The summed E-state index contributed by atoms with van der Waals surface area (Å²) in [5.41, 5.74) is 1.09. The Hall–Kier alpha value is -2.02. The summed E-state index contributed by atoms with van der Waals surface area (Å²) in [4.78, 5) is 11.3.